The van der Waals surface area contributed by atoms with Crippen molar-refractivity contribution in [2.24, 2.45) is 0 Å². The zero-order valence-corrected chi connectivity index (χ0v) is 7.36. The van der Waals surface area contributed by atoms with Gasteiger partial charge in [0.2, 0.25) is 0 Å². The van der Waals surface area contributed by atoms with Crippen LogP contribution < -0.4 is 29.6 Å². The average Bonchev–Trinajstić information content (AvgIpc) is 0.811. The maximum Gasteiger partial charge on any atom is 1.00 e. The molecule has 0 amide bonds. The van der Waals surface area contributed by atoms with Gasteiger partial charge in [0.25, 0.3) is 0 Å². The van der Waals surface area contributed by atoms with E-state index in [1.807, 2.05) is 0 Å². The van der Waals surface area contributed by atoms with Crippen LogP contribution in [0.4, 0.5) is 4.79 Å². The van der Waals surface area contributed by atoms with Gasteiger partial charge in [-0.05, 0) is 0 Å². The van der Waals surface area contributed by atoms with E-state index in [0.717, 1.165) is 0 Å². The molecule has 0 rings (SSSR count). The van der Waals surface area contributed by atoms with Gasteiger partial charge in [0, 0.05) is 0 Å². The fourth-order valence-corrected chi connectivity index (χ4v) is 0. The first-order chi connectivity index (χ1) is 1.73. The first-order valence-corrected chi connectivity index (χ1v) is 1.93. The predicted molar refractivity (Wildman–Crippen MR) is 17.7 cm³/mol. The first-order valence-electron chi connectivity index (χ1n) is 0.928. The summed E-state index contributed by atoms with van der Waals surface area (Å²) in [6.07, 6.45) is 0. The number of carbonyl (C=O) groups is 1. The summed E-state index contributed by atoms with van der Waals surface area (Å²) in [4.78, 5) is 8.37. The van der Waals surface area contributed by atoms with Crippen molar-refractivity contribution in [2.45, 2.75) is 0 Å². The molecule has 0 aromatic heterocycles. The summed E-state index contributed by atoms with van der Waals surface area (Å²) < 4.78 is 0. The van der Waals surface area contributed by atoms with E-state index in [9.17, 15) is 0 Å². The van der Waals surface area contributed by atoms with Crippen LogP contribution in [0.1, 0.15) is 1.43 Å². The Morgan fingerprint density at radius 3 is 2.00 bits per heavy atom. The zero-order chi connectivity index (χ0) is 3.58. The van der Waals surface area contributed by atoms with Crippen molar-refractivity contribution in [2.75, 3.05) is 0 Å². The van der Waals surface area contributed by atoms with Crippen molar-refractivity contribution in [1.29, 1.82) is 0 Å². The molecule has 0 radical (unpaired) electrons. The van der Waals surface area contributed by atoms with Gasteiger partial charge in [-0.2, -0.15) is 0 Å². The number of hydrogen-bond acceptors (Lipinski definition) is 1. The summed E-state index contributed by atoms with van der Waals surface area (Å²) in [5.41, 5.74) is 0. The second-order valence-corrected chi connectivity index (χ2v) is 1.37. The molecule has 0 aliphatic rings. The van der Waals surface area contributed by atoms with Gasteiger partial charge >= 0.3 is 45.8 Å². The van der Waals surface area contributed by atoms with Crippen LogP contribution in [0, 0.1) is 0 Å². The van der Waals surface area contributed by atoms with Crippen LogP contribution in [-0.2, 0) is 0 Å². The van der Waals surface area contributed by atoms with Crippen molar-refractivity contribution in [3.63, 3.8) is 0 Å². The van der Waals surface area contributed by atoms with Crippen molar-refractivity contribution in [1.82, 2.24) is 0 Å². The third-order valence-electron chi connectivity index (χ3n) is 0. The van der Waals surface area contributed by atoms with Gasteiger partial charge in [0.05, 0.1) is 0 Å². The van der Waals surface area contributed by atoms with E-state index < -0.39 is 4.83 Å². The fourth-order valence-electron chi connectivity index (χ4n) is 0. The molecule has 0 bridgehead atoms. The molecule has 0 aliphatic heterocycles. The molecule has 0 saturated heterocycles. The largest absolute Gasteiger partial charge is 1.00 e. The smallest absolute Gasteiger partial charge is 1.00 e. The molecule has 0 aromatic rings. The van der Waals surface area contributed by atoms with Crippen molar-refractivity contribution in [3.05, 3.63) is 0 Å². The quantitative estimate of drug-likeness (QED) is 0.318. The standard InChI is InChI=1S/CHO2.Al.Na.3H/c2-1-3;;;;;/h(H,2,3);;;;;/q;;+1;;;-1. The van der Waals surface area contributed by atoms with E-state index in [-0.39, 0.29) is 47.3 Å². The molecule has 0 spiro atoms. The van der Waals surface area contributed by atoms with Crippen LogP contribution in [0.3, 0.4) is 0 Å². The van der Waals surface area contributed by atoms with E-state index in [1.165, 1.54) is 0 Å². The van der Waals surface area contributed by atoms with Crippen LogP contribution in [0.15, 0.2) is 0 Å². The minimum atomic E-state index is -0.694. The van der Waals surface area contributed by atoms with Gasteiger partial charge in [-0.1, -0.05) is 0 Å². The van der Waals surface area contributed by atoms with E-state index in [1.54, 1.807) is 0 Å². The molecule has 0 atom stereocenters. The second kappa shape index (κ2) is 5.00. The monoisotopic (exact) mass is 98.0 g/mol. The molecule has 0 heterocycles. The summed E-state index contributed by atoms with van der Waals surface area (Å²) in [6.45, 7) is 0. The number of hydrogen-bond donors (Lipinski definition) is 1. The van der Waals surface area contributed by atoms with Gasteiger partial charge in [-0.3, -0.25) is 4.79 Å². The van der Waals surface area contributed by atoms with Crippen LogP contribution in [0.25, 0.3) is 0 Å². The minimum Gasteiger partial charge on any atom is -1.00 e. The molecule has 2 nitrogen and oxygen atoms in total. The molecule has 0 fully saturated rings. The molecule has 0 aromatic carbocycles. The summed E-state index contributed by atoms with van der Waals surface area (Å²) in [6, 6.07) is 0. The van der Waals surface area contributed by atoms with E-state index >= 15 is 0 Å². The van der Waals surface area contributed by atoms with Crippen molar-refractivity contribution in [3.8, 4) is 0 Å². The summed E-state index contributed by atoms with van der Waals surface area (Å²) in [7, 11) is 0. The Bertz CT molecular complexity index is 36.5. The fraction of sp³-hybridized carbons (Fsp3) is 0. The van der Waals surface area contributed by atoms with Crippen LogP contribution in [-0.4, -0.2) is 26.2 Å². The van der Waals surface area contributed by atoms with E-state index in [4.69, 9.17) is 9.90 Å². The maximum absolute atomic E-state index is 9.06. The molecular weight excluding hydrogens is 94.0 g/mol. The summed E-state index contributed by atoms with van der Waals surface area (Å²) in [5.74, 6) is 0. The Kier molecular flexibility index (Phi) is 9.38. The molecule has 24 valence electrons. The molecule has 0 saturated carbocycles. The maximum atomic E-state index is 9.06. The predicted octanol–water partition coefficient (Wildman–Crippen LogP) is -3.59. The Hall–Kier alpha value is 1.00. The van der Waals surface area contributed by atoms with Crippen LogP contribution in [0.2, 0.25) is 0 Å². The van der Waals surface area contributed by atoms with E-state index in [2.05, 4.69) is 0 Å². The Morgan fingerprint density at radius 2 is 2.00 bits per heavy atom. The van der Waals surface area contributed by atoms with Gasteiger partial charge in [-0.15, -0.1) is 0 Å². The zero-order valence-electron chi connectivity index (χ0n) is 4.36. The molecule has 5 heavy (non-hydrogen) atoms. The Morgan fingerprint density at radius 1 is 2.00 bits per heavy atom. The van der Waals surface area contributed by atoms with Gasteiger partial charge < -0.3 is 6.53 Å². The van der Waals surface area contributed by atoms with Crippen molar-refractivity contribution >= 4 is 21.1 Å². The average molecular weight is 98.0 g/mol. The summed E-state index contributed by atoms with van der Waals surface area (Å²) in [5, 5.41) is 7.48. The van der Waals surface area contributed by atoms with Gasteiger partial charge in [0.1, 0.15) is 0 Å². The minimum absolute atomic E-state index is 0. The third-order valence-corrected chi connectivity index (χ3v) is 0. The molecule has 1 N–H and O–H groups in total. The normalized spacial score (nSPS) is 4.80. The molecule has 0 aliphatic carbocycles. The van der Waals surface area contributed by atoms with Crippen LogP contribution >= 0.6 is 0 Å². The van der Waals surface area contributed by atoms with Crippen molar-refractivity contribution < 1.29 is 40.9 Å². The summed E-state index contributed by atoms with van der Waals surface area (Å²) >= 11 is 0.265. The number of rotatable bonds is 0. The third kappa shape index (κ3) is 44.9. The Labute approximate surface area is 61.8 Å². The molecule has 0 unspecified atom stereocenters. The second-order valence-electron chi connectivity index (χ2n) is 0.519. The SMILES string of the molecule is O=[C](O)[AlH2].[H-].[Na+]. The topological polar surface area (TPSA) is 37.3 Å². The molecule has 4 heteroatoms. The molecular formula is CH4AlNaO2. The Balaban J connectivity index is -0.0000000450. The number of carboxylic acid groups (broad SMARTS) is 1. The van der Waals surface area contributed by atoms with Gasteiger partial charge in [0.15, 0.2) is 4.83 Å². The van der Waals surface area contributed by atoms with Crippen LogP contribution in [0.5, 0.6) is 0 Å². The van der Waals surface area contributed by atoms with E-state index in [0.29, 0.717) is 0 Å². The first kappa shape index (κ1) is 9.38. The van der Waals surface area contributed by atoms with Gasteiger partial charge in [-0.25, -0.2) is 0 Å².